The Balaban J connectivity index is 4.19. The molecule has 0 rings (SSSR count). The third-order valence-corrected chi connectivity index (χ3v) is 12.8. The molecule has 0 aliphatic heterocycles. The number of carbonyl (C=O) groups is 3. The molecule has 0 spiro atoms. The van der Waals surface area contributed by atoms with Crippen LogP contribution in [-0.2, 0) is 28.6 Å². The highest BCUT2D eigenvalue weighted by molar-refractivity contribution is 5.70. The number of unbranched alkanes of at least 4 members (excludes halogenated alkanes) is 32. The van der Waals surface area contributed by atoms with Crippen molar-refractivity contribution in [1.29, 1.82) is 0 Å². The summed E-state index contributed by atoms with van der Waals surface area (Å²) in [5, 5.41) is 11.7. The van der Waals surface area contributed by atoms with Gasteiger partial charge in [-0.2, -0.15) is 0 Å². The minimum Gasteiger partial charge on any atom is -0.544 e. The molecule has 0 aliphatic rings. The monoisotopic (exact) mass is 930 g/mol. The van der Waals surface area contributed by atoms with Gasteiger partial charge in [-0.3, -0.25) is 9.59 Å². The van der Waals surface area contributed by atoms with Gasteiger partial charge < -0.3 is 28.6 Å². The van der Waals surface area contributed by atoms with Gasteiger partial charge in [0.2, 0.25) is 0 Å². The van der Waals surface area contributed by atoms with Crippen LogP contribution in [0.25, 0.3) is 0 Å². The molecule has 8 heteroatoms. The highest BCUT2D eigenvalue weighted by atomic mass is 16.6. The lowest BCUT2D eigenvalue weighted by atomic mass is 10.0. The van der Waals surface area contributed by atoms with Gasteiger partial charge in [-0.1, -0.05) is 217 Å². The fourth-order valence-electron chi connectivity index (χ4n) is 8.41. The zero-order chi connectivity index (χ0) is 48.4. The van der Waals surface area contributed by atoms with E-state index in [9.17, 15) is 19.5 Å². The summed E-state index contributed by atoms with van der Waals surface area (Å²) in [6.07, 6.45) is 58.9. The van der Waals surface area contributed by atoms with Crippen LogP contribution in [0, 0.1) is 0 Å². The second kappa shape index (κ2) is 49.0. The molecule has 0 N–H and O–H groups in total. The molecular weight excluding hydrogens is 823 g/mol. The summed E-state index contributed by atoms with van der Waals surface area (Å²) in [4.78, 5) is 37.1. The standard InChI is InChI=1S/C58H107NO7/c1-6-8-10-12-14-16-18-20-22-24-26-28-29-31-33-35-37-39-41-43-45-47-49-57(61)66-54(52-64-51-50-55(58(62)63)59(3,4)5)53-65-56(60)48-46-44-42-40-38-36-34-32-30-27-25-23-21-19-17-15-13-11-9-7-2/h17,19,21,23,29,31,54-55H,6-16,18,20,22,24-28,30,32-53H2,1-5H3/b19-17+,23-21+,31-29+. The Labute approximate surface area is 408 Å². The lowest BCUT2D eigenvalue weighted by Crippen LogP contribution is -2.55. The average molecular weight is 930 g/mol. The molecule has 0 saturated carbocycles. The molecule has 2 atom stereocenters. The summed E-state index contributed by atoms with van der Waals surface area (Å²) < 4.78 is 17.3. The summed E-state index contributed by atoms with van der Waals surface area (Å²) in [6.45, 7) is 4.68. The second-order valence-electron chi connectivity index (χ2n) is 20.2. The van der Waals surface area contributed by atoms with Crippen molar-refractivity contribution in [2.75, 3.05) is 41.0 Å². The molecule has 0 aromatic heterocycles. The topological polar surface area (TPSA) is 102 Å². The van der Waals surface area contributed by atoms with Crippen LogP contribution in [0.3, 0.4) is 0 Å². The number of carbonyl (C=O) groups excluding carboxylic acids is 3. The Bertz CT molecular complexity index is 1170. The van der Waals surface area contributed by atoms with E-state index in [1.807, 2.05) is 21.1 Å². The van der Waals surface area contributed by atoms with E-state index < -0.39 is 18.1 Å². The molecule has 66 heavy (non-hydrogen) atoms. The SMILES string of the molecule is CCCCCC/C=C/C=C/CCCCCCCCCCCCC(=O)OCC(COCCC(C(=O)[O-])[N+](C)(C)C)OC(=O)CCCCCCCCC/C=C/CCCCCCCCCCCCC. The fourth-order valence-corrected chi connectivity index (χ4v) is 8.41. The average Bonchev–Trinajstić information content (AvgIpc) is 3.28. The van der Waals surface area contributed by atoms with Crippen molar-refractivity contribution < 1.29 is 38.2 Å². The molecule has 0 aliphatic carbocycles. The van der Waals surface area contributed by atoms with Gasteiger partial charge in [0.1, 0.15) is 12.6 Å². The van der Waals surface area contributed by atoms with E-state index in [-0.39, 0.29) is 42.7 Å². The van der Waals surface area contributed by atoms with Crippen molar-refractivity contribution in [2.45, 2.75) is 276 Å². The molecule has 0 heterocycles. The van der Waals surface area contributed by atoms with E-state index in [0.717, 1.165) is 38.5 Å². The summed E-state index contributed by atoms with van der Waals surface area (Å²) in [7, 11) is 5.42. The summed E-state index contributed by atoms with van der Waals surface area (Å²) >= 11 is 0. The van der Waals surface area contributed by atoms with Gasteiger partial charge in [0.25, 0.3) is 0 Å². The van der Waals surface area contributed by atoms with Crippen LogP contribution in [0.5, 0.6) is 0 Å². The molecule has 0 radical (unpaired) electrons. The van der Waals surface area contributed by atoms with Crippen LogP contribution in [0.1, 0.15) is 264 Å². The number of esters is 2. The Hall–Kier alpha value is -2.45. The van der Waals surface area contributed by atoms with Crippen molar-refractivity contribution in [3.05, 3.63) is 36.5 Å². The normalized spacial score (nSPS) is 13.0. The summed E-state index contributed by atoms with van der Waals surface area (Å²) in [6, 6.07) is -0.727. The molecule has 0 aromatic rings. The highest BCUT2D eigenvalue weighted by Gasteiger charge is 2.25. The number of allylic oxidation sites excluding steroid dienone is 6. The van der Waals surface area contributed by atoms with Gasteiger partial charge >= 0.3 is 11.9 Å². The lowest BCUT2D eigenvalue weighted by molar-refractivity contribution is -0.889. The number of rotatable bonds is 51. The number of aliphatic carboxylic acids is 1. The fraction of sp³-hybridized carbons (Fsp3) is 0.845. The van der Waals surface area contributed by atoms with Crippen LogP contribution < -0.4 is 5.11 Å². The Kier molecular flexibility index (Phi) is 47.2. The lowest BCUT2D eigenvalue weighted by Gasteiger charge is -2.34. The van der Waals surface area contributed by atoms with E-state index in [0.29, 0.717) is 12.8 Å². The molecule has 0 fully saturated rings. The van der Waals surface area contributed by atoms with Crippen molar-refractivity contribution in [3.63, 3.8) is 0 Å². The van der Waals surface area contributed by atoms with Gasteiger partial charge in [-0.25, -0.2) is 0 Å². The van der Waals surface area contributed by atoms with E-state index in [4.69, 9.17) is 14.2 Å². The summed E-state index contributed by atoms with van der Waals surface area (Å²) in [5.74, 6) is -1.73. The Morgan fingerprint density at radius 3 is 1.20 bits per heavy atom. The number of carboxylic acids is 1. The maximum Gasteiger partial charge on any atom is 0.306 e. The second-order valence-corrected chi connectivity index (χ2v) is 20.2. The largest absolute Gasteiger partial charge is 0.544 e. The quantitative estimate of drug-likeness (QED) is 0.0197. The first kappa shape index (κ1) is 63.5. The minimum atomic E-state index is -1.12. The van der Waals surface area contributed by atoms with Crippen molar-refractivity contribution in [2.24, 2.45) is 0 Å². The number of hydrogen-bond donors (Lipinski definition) is 0. The predicted octanol–water partition coefficient (Wildman–Crippen LogP) is 15.2. The van der Waals surface area contributed by atoms with Crippen LogP contribution in [0.4, 0.5) is 0 Å². The third-order valence-electron chi connectivity index (χ3n) is 12.8. The predicted molar refractivity (Wildman–Crippen MR) is 277 cm³/mol. The highest BCUT2D eigenvalue weighted by Crippen LogP contribution is 2.16. The van der Waals surface area contributed by atoms with Gasteiger partial charge in [-0.15, -0.1) is 0 Å². The molecule has 8 nitrogen and oxygen atoms in total. The number of carboxylic acid groups (broad SMARTS) is 1. The number of hydrogen-bond acceptors (Lipinski definition) is 7. The maximum atomic E-state index is 12.8. The van der Waals surface area contributed by atoms with Crippen molar-refractivity contribution >= 4 is 17.9 Å². The van der Waals surface area contributed by atoms with E-state index in [1.165, 1.54) is 193 Å². The first-order valence-corrected chi connectivity index (χ1v) is 28.0. The van der Waals surface area contributed by atoms with E-state index in [2.05, 4.69) is 50.3 Å². The number of nitrogens with zero attached hydrogens (tertiary/aromatic N) is 1. The van der Waals surface area contributed by atoms with Crippen LogP contribution >= 0.6 is 0 Å². The first-order valence-electron chi connectivity index (χ1n) is 28.0. The van der Waals surface area contributed by atoms with E-state index >= 15 is 0 Å². The van der Waals surface area contributed by atoms with Gasteiger partial charge in [0, 0.05) is 19.3 Å². The Morgan fingerprint density at radius 1 is 0.455 bits per heavy atom. The maximum absolute atomic E-state index is 12.8. The molecule has 0 amide bonds. The van der Waals surface area contributed by atoms with Gasteiger partial charge in [0.05, 0.1) is 40.3 Å². The van der Waals surface area contributed by atoms with Crippen molar-refractivity contribution in [1.82, 2.24) is 0 Å². The van der Waals surface area contributed by atoms with Gasteiger partial charge in [0.15, 0.2) is 6.10 Å². The number of ether oxygens (including phenoxy) is 3. The molecule has 2 unspecified atom stereocenters. The summed E-state index contributed by atoms with van der Waals surface area (Å²) in [5.41, 5.74) is 0. The molecular formula is C58H107NO7. The van der Waals surface area contributed by atoms with Crippen LogP contribution in [0.2, 0.25) is 0 Å². The first-order chi connectivity index (χ1) is 32.1. The smallest absolute Gasteiger partial charge is 0.306 e. The zero-order valence-electron chi connectivity index (χ0n) is 44.1. The van der Waals surface area contributed by atoms with Gasteiger partial charge in [-0.05, 0) is 64.2 Å². The minimum absolute atomic E-state index is 0.0401. The number of quaternary nitrogens is 1. The molecule has 0 saturated heterocycles. The molecule has 0 aromatic carbocycles. The zero-order valence-corrected chi connectivity index (χ0v) is 44.1. The molecule has 386 valence electrons. The Morgan fingerprint density at radius 2 is 0.803 bits per heavy atom. The van der Waals surface area contributed by atoms with Crippen LogP contribution in [0.15, 0.2) is 36.5 Å². The third kappa shape index (κ3) is 46.7. The molecule has 0 bridgehead atoms. The number of likely N-dealkylation sites (N-methyl/N-ethyl adjacent to an activating group) is 1. The van der Waals surface area contributed by atoms with E-state index in [1.54, 1.807) is 0 Å². The van der Waals surface area contributed by atoms with Crippen LogP contribution in [-0.4, -0.2) is 75.5 Å². The van der Waals surface area contributed by atoms with Crippen molar-refractivity contribution in [3.8, 4) is 0 Å².